The summed E-state index contributed by atoms with van der Waals surface area (Å²) < 4.78 is 15.3. The number of hydrogen-bond acceptors (Lipinski definition) is 6. The molecule has 1 saturated heterocycles. The summed E-state index contributed by atoms with van der Waals surface area (Å²) in [6, 6.07) is 12.7. The molecule has 8 heteroatoms. The van der Waals surface area contributed by atoms with Crippen LogP contribution in [0.5, 0.6) is 0 Å². The van der Waals surface area contributed by atoms with Crippen molar-refractivity contribution in [3.05, 3.63) is 58.5 Å². The highest BCUT2D eigenvalue weighted by molar-refractivity contribution is 7.16. The van der Waals surface area contributed by atoms with Crippen molar-refractivity contribution in [1.82, 2.24) is 14.6 Å². The fourth-order valence-electron chi connectivity index (χ4n) is 4.42. The quantitative estimate of drug-likeness (QED) is 0.391. The molecule has 3 aromatic heterocycles. The second kappa shape index (κ2) is 8.83. The maximum absolute atomic E-state index is 13.4. The van der Waals surface area contributed by atoms with Crippen LogP contribution in [0.1, 0.15) is 42.5 Å². The van der Waals surface area contributed by atoms with Crippen molar-refractivity contribution in [3.8, 4) is 17.3 Å². The number of piperidine rings is 1. The number of nitrogens with zero attached hydrogens (tertiary/aromatic N) is 5. The zero-order chi connectivity index (χ0) is 22.9. The highest BCUT2D eigenvalue weighted by atomic mass is 32.1. The van der Waals surface area contributed by atoms with Gasteiger partial charge in [-0.1, -0.05) is 18.3 Å². The van der Waals surface area contributed by atoms with E-state index >= 15 is 0 Å². The molecule has 4 heterocycles. The van der Waals surface area contributed by atoms with Crippen molar-refractivity contribution in [2.45, 2.75) is 39.5 Å². The van der Waals surface area contributed by atoms with E-state index in [0.29, 0.717) is 15.7 Å². The fraction of sp³-hybridized carbons (Fsp3) is 0.320. The van der Waals surface area contributed by atoms with Gasteiger partial charge in [0.1, 0.15) is 22.5 Å². The number of aromatic nitrogens is 3. The molecule has 5 rings (SSSR count). The maximum atomic E-state index is 13.4. The van der Waals surface area contributed by atoms with Gasteiger partial charge in [-0.05, 0) is 69.0 Å². The van der Waals surface area contributed by atoms with Gasteiger partial charge in [0, 0.05) is 30.0 Å². The summed E-state index contributed by atoms with van der Waals surface area (Å²) in [5.41, 5.74) is 6.45. The first-order valence-electron chi connectivity index (χ1n) is 11.3. The van der Waals surface area contributed by atoms with E-state index in [4.69, 9.17) is 5.10 Å². The van der Waals surface area contributed by atoms with Gasteiger partial charge in [-0.25, -0.2) is 13.9 Å². The summed E-state index contributed by atoms with van der Waals surface area (Å²) in [6.45, 7) is 6.32. The maximum Gasteiger partial charge on any atom is 0.189 e. The highest BCUT2D eigenvalue weighted by Crippen LogP contribution is 2.36. The molecule has 1 aromatic carbocycles. The zero-order valence-corrected chi connectivity index (χ0v) is 19.5. The normalized spacial score (nSPS) is 13.9. The van der Waals surface area contributed by atoms with Crippen molar-refractivity contribution in [3.63, 3.8) is 0 Å². The molecule has 0 spiro atoms. The number of nitrogens with one attached hydrogen (secondary N) is 1. The Hall–Kier alpha value is -3.44. The predicted molar refractivity (Wildman–Crippen MR) is 131 cm³/mol. The summed E-state index contributed by atoms with van der Waals surface area (Å²) in [5, 5.41) is 18.6. The lowest BCUT2D eigenvalue weighted by Crippen LogP contribution is -2.29. The summed E-state index contributed by atoms with van der Waals surface area (Å²) in [5.74, 6) is -0.315. The van der Waals surface area contributed by atoms with Gasteiger partial charge in [-0.15, -0.1) is 0 Å². The van der Waals surface area contributed by atoms with Crippen molar-refractivity contribution >= 4 is 33.4 Å². The molecule has 1 fully saturated rings. The van der Waals surface area contributed by atoms with Crippen molar-refractivity contribution in [2.24, 2.45) is 0 Å². The lowest BCUT2D eigenvalue weighted by atomic mass is 10.1. The van der Waals surface area contributed by atoms with Crippen LogP contribution >= 0.6 is 11.3 Å². The molecule has 4 aromatic rings. The van der Waals surface area contributed by atoms with Crippen molar-refractivity contribution < 1.29 is 4.39 Å². The molecule has 0 unspecified atom stereocenters. The molecule has 0 aliphatic carbocycles. The average Bonchev–Trinajstić information content (AvgIpc) is 3.42. The van der Waals surface area contributed by atoms with Crippen LogP contribution in [0.4, 0.5) is 20.9 Å². The van der Waals surface area contributed by atoms with Crippen LogP contribution in [0.2, 0.25) is 0 Å². The summed E-state index contributed by atoms with van der Waals surface area (Å²) in [6.07, 6.45) is 4.50. The second-order valence-electron chi connectivity index (χ2n) is 8.32. The minimum Gasteiger partial charge on any atom is -0.371 e. The van der Waals surface area contributed by atoms with Gasteiger partial charge in [0.25, 0.3) is 0 Å². The molecule has 0 bridgehead atoms. The lowest BCUT2D eigenvalue weighted by molar-refractivity contribution is 0.577. The number of fused-ring (bicyclic) bond motifs is 1. The number of benzene rings is 1. The second-order valence-corrected chi connectivity index (χ2v) is 9.31. The molecule has 0 amide bonds. The van der Waals surface area contributed by atoms with Crippen LogP contribution in [-0.2, 0) is 6.42 Å². The Balaban J connectivity index is 1.56. The van der Waals surface area contributed by atoms with Crippen LogP contribution in [0, 0.1) is 24.1 Å². The first-order valence-corrected chi connectivity index (χ1v) is 12.1. The average molecular weight is 461 g/mol. The van der Waals surface area contributed by atoms with Gasteiger partial charge in [0.2, 0.25) is 0 Å². The summed E-state index contributed by atoms with van der Waals surface area (Å²) >= 11 is 1.30. The number of aryl methyl sites for hydroxylation is 2. The van der Waals surface area contributed by atoms with Gasteiger partial charge in [0.05, 0.1) is 16.9 Å². The van der Waals surface area contributed by atoms with Gasteiger partial charge < -0.3 is 10.2 Å². The van der Waals surface area contributed by atoms with E-state index in [-0.39, 0.29) is 5.82 Å². The Morgan fingerprint density at radius 1 is 1.15 bits per heavy atom. The van der Waals surface area contributed by atoms with Crippen molar-refractivity contribution in [1.29, 1.82) is 5.26 Å². The van der Waals surface area contributed by atoms with E-state index in [1.54, 1.807) is 12.1 Å². The third kappa shape index (κ3) is 4.05. The number of pyridine rings is 1. The molecule has 1 aliphatic heterocycles. The van der Waals surface area contributed by atoms with E-state index < -0.39 is 0 Å². The van der Waals surface area contributed by atoms with Crippen molar-refractivity contribution in [2.75, 3.05) is 23.3 Å². The Morgan fingerprint density at radius 3 is 2.61 bits per heavy atom. The molecule has 0 saturated carbocycles. The van der Waals surface area contributed by atoms with E-state index in [1.807, 2.05) is 4.52 Å². The number of nitriles is 1. The minimum absolute atomic E-state index is 0.315. The molecular weight excluding hydrogens is 435 g/mol. The van der Waals surface area contributed by atoms with Crippen LogP contribution in [-0.4, -0.2) is 27.7 Å². The smallest absolute Gasteiger partial charge is 0.189 e. The molecule has 1 aliphatic rings. The number of anilines is 3. The molecule has 0 radical (unpaired) electrons. The molecular formula is C25H25FN6S. The number of rotatable bonds is 5. The summed E-state index contributed by atoms with van der Waals surface area (Å²) in [4.78, 5) is 7.62. The molecule has 33 heavy (non-hydrogen) atoms. The first-order chi connectivity index (χ1) is 16.1. The number of halogens is 1. The molecule has 168 valence electrons. The molecule has 0 atom stereocenters. The van der Waals surface area contributed by atoms with Crippen LogP contribution in [0.15, 0.2) is 36.4 Å². The largest absolute Gasteiger partial charge is 0.371 e. The van der Waals surface area contributed by atoms with Gasteiger partial charge in [0.15, 0.2) is 5.13 Å². The topological polar surface area (TPSA) is 69.2 Å². The van der Waals surface area contributed by atoms with Gasteiger partial charge >= 0.3 is 0 Å². The Labute approximate surface area is 196 Å². The standard InChI is InChI=1S/C25H25FN6S/c1-3-20-24(21-14-19(13-16(2)32(21)30-20)31-11-5-4-6-12-31)29-25-28-23(22(15-27)33-25)17-7-9-18(26)10-8-17/h7-10,13-14H,3-6,11-12H2,1-2H3,(H,28,29). The van der Waals surface area contributed by atoms with E-state index in [9.17, 15) is 9.65 Å². The van der Waals surface area contributed by atoms with Gasteiger partial charge in [-0.3, -0.25) is 0 Å². The number of hydrogen-bond donors (Lipinski definition) is 1. The minimum atomic E-state index is -0.315. The first kappa shape index (κ1) is 21.4. The SMILES string of the molecule is CCc1nn2c(C)cc(N3CCCCC3)cc2c1Nc1nc(-c2ccc(F)cc2)c(C#N)s1. The number of thiazole rings is 1. The highest BCUT2D eigenvalue weighted by Gasteiger charge is 2.20. The molecule has 6 nitrogen and oxygen atoms in total. The predicted octanol–water partition coefficient (Wildman–Crippen LogP) is 6.07. The third-order valence-electron chi connectivity index (χ3n) is 6.10. The van der Waals surface area contributed by atoms with E-state index in [2.05, 4.69) is 47.3 Å². The Morgan fingerprint density at radius 2 is 1.91 bits per heavy atom. The Bertz CT molecular complexity index is 1340. The van der Waals surface area contributed by atoms with Crippen LogP contribution < -0.4 is 10.2 Å². The monoisotopic (exact) mass is 460 g/mol. The fourth-order valence-corrected chi connectivity index (χ4v) is 5.20. The van der Waals surface area contributed by atoms with Crippen LogP contribution in [0.25, 0.3) is 16.8 Å². The zero-order valence-electron chi connectivity index (χ0n) is 18.7. The summed E-state index contributed by atoms with van der Waals surface area (Å²) in [7, 11) is 0. The van der Waals surface area contributed by atoms with E-state index in [0.717, 1.165) is 47.7 Å². The lowest BCUT2D eigenvalue weighted by Gasteiger charge is -2.29. The molecule has 1 N–H and O–H groups in total. The Kier molecular flexibility index (Phi) is 5.73. The van der Waals surface area contributed by atoms with Gasteiger partial charge in [-0.2, -0.15) is 10.4 Å². The third-order valence-corrected chi connectivity index (χ3v) is 6.98. The van der Waals surface area contributed by atoms with Crippen LogP contribution in [0.3, 0.4) is 0 Å². The van der Waals surface area contributed by atoms with E-state index in [1.165, 1.54) is 48.4 Å².